The van der Waals surface area contributed by atoms with E-state index in [4.69, 9.17) is 14.2 Å². The molecule has 1 atom stereocenters. The van der Waals surface area contributed by atoms with Crippen LogP contribution in [-0.2, 0) is 28.6 Å². The van der Waals surface area contributed by atoms with Gasteiger partial charge in [-0.05, 0) is 19.3 Å². The molecular formula is C68H132O6. The number of carbonyl (C=O) groups is 3. The fourth-order valence-corrected chi connectivity index (χ4v) is 10.7. The molecule has 0 saturated carbocycles. The summed E-state index contributed by atoms with van der Waals surface area (Å²) in [5.41, 5.74) is 0. The summed E-state index contributed by atoms with van der Waals surface area (Å²) in [6.45, 7) is 6.69. The van der Waals surface area contributed by atoms with Crippen molar-refractivity contribution < 1.29 is 28.6 Å². The van der Waals surface area contributed by atoms with Gasteiger partial charge in [-0.25, -0.2) is 0 Å². The fourth-order valence-electron chi connectivity index (χ4n) is 10.7. The minimum Gasteiger partial charge on any atom is -0.462 e. The van der Waals surface area contributed by atoms with Crippen LogP contribution in [0.2, 0.25) is 0 Å². The lowest BCUT2D eigenvalue weighted by molar-refractivity contribution is -0.167. The van der Waals surface area contributed by atoms with E-state index in [0.29, 0.717) is 19.3 Å². The van der Waals surface area contributed by atoms with E-state index >= 15 is 0 Å². The molecule has 0 bridgehead atoms. The maximum absolute atomic E-state index is 12.9. The summed E-state index contributed by atoms with van der Waals surface area (Å²) in [5, 5.41) is 0. The average molecular weight is 1050 g/mol. The second kappa shape index (κ2) is 63.9. The van der Waals surface area contributed by atoms with Crippen LogP contribution in [0.15, 0.2) is 0 Å². The van der Waals surface area contributed by atoms with Gasteiger partial charge in [0.15, 0.2) is 6.10 Å². The van der Waals surface area contributed by atoms with Gasteiger partial charge >= 0.3 is 17.9 Å². The Morgan fingerprint density at radius 2 is 0.365 bits per heavy atom. The second-order valence-corrected chi connectivity index (χ2v) is 23.5. The third-order valence-corrected chi connectivity index (χ3v) is 15.9. The van der Waals surface area contributed by atoms with Crippen molar-refractivity contribution in [1.82, 2.24) is 0 Å². The Labute approximate surface area is 463 Å². The van der Waals surface area contributed by atoms with Gasteiger partial charge in [-0.3, -0.25) is 14.4 Å². The van der Waals surface area contributed by atoms with Gasteiger partial charge in [0.25, 0.3) is 0 Å². The molecule has 0 aliphatic carbocycles. The Balaban J connectivity index is 3.98. The maximum atomic E-state index is 12.9. The summed E-state index contributed by atoms with van der Waals surface area (Å²) < 4.78 is 16.9. The Bertz CT molecular complexity index is 1110. The predicted molar refractivity (Wildman–Crippen MR) is 321 cm³/mol. The quantitative estimate of drug-likeness (QED) is 0.0343. The van der Waals surface area contributed by atoms with Crippen LogP contribution in [0.4, 0.5) is 0 Å². The zero-order chi connectivity index (χ0) is 53.6. The molecule has 0 saturated heterocycles. The molecule has 1 unspecified atom stereocenters. The Morgan fingerprint density at radius 3 is 0.541 bits per heavy atom. The summed E-state index contributed by atoms with van der Waals surface area (Å²) in [6, 6.07) is 0. The predicted octanol–water partition coefficient (Wildman–Crippen LogP) is 23.1. The van der Waals surface area contributed by atoms with Crippen LogP contribution >= 0.6 is 0 Å². The van der Waals surface area contributed by atoms with E-state index in [1.54, 1.807) is 0 Å². The molecule has 0 fully saturated rings. The molecule has 0 aromatic rings. The summed E-state index contributed by atoms with van der Waals surface area (Å²) in [6.07, 6.45) is 74.5. The lowest BCUT2D eigenvalue weighted by Crippen LogP contribution is -2.30. The first kappa shape index (κ1) is 72.4. The number of unbranched alkanes of at least 4 members (excludes halogenated alkanes) is 53. The van der Waals surface area contributed by atoms with Gasteiger partial charge in [-0.2, -0.15) is 0 Å². The zero-order valence-electron chi connectivity index (χ0n) is 50.7. The molecule has 0 amide bonds. The molecule has 0 spiro atoms. The standard InChI is InChI=1S/C68H132O6/c1-4-7-10-13-16-18-20-22-24-26-28-30-31-32-33-34-35-36-37-38-40-41-43-45-47-49-52-55-58-61-67(70)73-64-65(63-72-66(69)60-57-54-51-15-12-9-6-3)74-68(71)62-59-56-53-50-48-46-44-42-39-29-27-25-23-21-19-17-14-11-8-5-2/h65H,4-64H2,1-3H3. The van der Waals surface area contributed by atoms with E-state index in [1.165, 1.54) is 302 Å². The highest BCUT2D eigenvalue weighted by Gasteiger charge is 2.19. The zero-order valence-corrected chi connectivity index (χ0v) is 50.7. The molecule has 0 rings (SSSR count). The molecule has 0 aliphatic rings. The molecule has 0 radical (unpaired) electrons. The van der Waals surface area contributed by atoms with E-state index in [0.717, 1.165) is 57.8 Å². The summed E-state index contributed by atoms with van der Waals surface area (Å²) in [7, 11) is 0. The number of hydrogen-bond acceptors (Lipinski definition) is 6. The Kier molecular flexibility index (Phi) is 62.6. The largest absolute Gasteiger partial charge is 0.462 e. The van der Waals surface area contributed by atoms with Gasteiger partial charge in [0, 0.05) is 19.3 Å². The van der Waals surface area contributed by atoms with Gasteiger partial charge in [-0.15, -0.1) is 0 Å². The maximum Gasteiger partial charge on any atom is 0.306 e. The lowest BCUT2D eigenvalue weighted by Gasteiger charge is -2.18. The molecule has 0 aromatic heterocycles. The molecule has 6 nitrogen and oxygen atoms in total. The van der Waals surface area contributed by atoms with E-state index in [2.05, 4.69) is 20.8 Å². The van der Waals surface area contributed by atoms with Crippen LogP contribution in [-0.4, -0.2) is 37.2 Å². The Morgan fingerprint density at radius 1 is 0.216 bits per heavy atom. The third kappa shape index (κ3) is 61.3. The highest BCUT2D eigenvalue weighted by molar-refractivity contribution is 5.71. The van der Waals surface area contributed by atoms with Gasteiger partial charge in [0.2, 0.25) is 0 Å². The van der Waals surface area contributed by atoms with Crippen molar-refractivity contribution in [3.05, 3.63) is 0 Å². The van der Waals surface area contributed by atoms with Crippen LogP contribution in [0.5, 0.6) is 0 Å². The minimum absolute atomic E-state index is 0.0614. The summed E-state index contributed by atoms with van der Waals surface area (Å²) >= 11 is 0. The van der Waals surface area contributed by atoms with E-state index in [-0.39, 0.29) is 31.1 Å². The minimum atomic E-state index is -0.761. The normalized spacial score (nSPS) is 11.9. The molecular weight excluding hydrogens is 913 g/mol. The summed E-state index contributed by atoms with van der Waals surface area (Å²) in [4.78, 5) is 38.1. The highest BCUT2D eigenvalue weighted by Crippen LogP contribution is 2.19. The number of esters is 3. The van der Waals surface area contributed by atoms with Gasteiger partial charge in [0.05, 0.1) is 0 Å². The summed E-state index contributed by atoms with van der Waals surface area (Å²) in [5.74, 6) is -0.835. The molecule has 0 N–H and O–H groups in total. The molecule has 6 heteroatoms. The fraction of sp³-hybridized carbons (Fsp3) is 0.956. The van der Waals surface area contributed by atoms with Crippen molar-refractivity contribution in [2.24, 2.45) is 0 Å². The van der Waals surface area contributed by atoms with Crippen LogP contribution in [0.25, 0.3) is 0 Å². The highest BCUT2D eigenvalue weighted by atomic mass is 16.6. The second-order valence-electron chi connectivity index (χ2n) is 23.5. The number of ether oxygens (including phenoxy) is 3. The topological polar surface area (TPSA) is 78.9 Å². The first-order valence-corrected chi connectivity index (χ1v) is 34.0. The smallest absolute Gasteiger partial charge is 0.306 e. The van der Waals surface area contributed by atoms with Crippen molar-refractivity contribution in [2.45, 2.75) is 406 Å². The van der Waals surface area contributed by atoms with Gasteiger partial charge in [-0.1, -0.05) is 361 Å². The van der Waals surface area contributed by atoms with Crippen molar-refractivity contribution >= 4 is 17.9 Å². The Hall–Kier alpha value is -1.59. The van der Waals surface area contributed by atoms with E-state index < -0.39 is 6.10 Å². The molecule has 440 valence electrons. The van der Waals surface area contributed by atoms with Gasteiger partial charge in [0.1, 0.15) is 13.2 Å². The third-order valence-electron chi connectivity index (χ3n) is 15.9. The monoisotopic (exact) mass is 1050 g/mol. The first-order valence-electron chi connectivity index (χ1n) is 34.0. The van der Waals surface area contributed by atoms with E-state index in [1.807, 2.05) is 0 Å². The first-order chi connectivity index (χ1) is 36.5. The molecule has 0 heterocycles. The lowest BCUT2D eigenvalue weighted by atomic mass is 10.0. The molecule has 74 heavy (non-hydrogen) atoms. The molecule has 0 aromatic carbocycles. The van der Waals surface area contributed by atoms with Gasteiger partial charge < -0.3 is 14.2 Å². The SMILES string of the molecule is CCCCCCCCCCCCCCCCCCCCCCCCCCCCCCCC(=O)OCC(COC(=O)CCCCCCCCC)OC(=O)CCCCCCCCCCCCCCCCCCCCCC. The number of carbonyl (C=O) groups excluding carboxylic acids is 3. The van der Waals surface area contributed by atoms with Crippen molar-refractivity contribution in [3.8, 4) is 0 Å². The van der Waals surface area contributed by atoms with Crippen LogP contribution < -0.4 is 0 Å². The molecule has 0 aliphatic heterocycles. The van der Waals surface area contributed by atoms with Crippen LogP contribution in [0, 0.1) is 0 Å². The van der Waals surface area contributed by atoms with Crippen molar-refractivity contribution in [2.75, 3.05) is 13.2 Å². The van der Waals surface area contributed by atoms with E-state index in [9.17, 15) is 14.4 Å². The van der Waals surface area contributed by atoms with Crippen LogP contribution in [0.3, 0.4) is 0 Å². The number of rotatable bonds is 64. The van der Waals surface area contributed by atoms with Crippen LogP contribution in [0.1, 0.15) is 400 Å². The average Bonchev–Trinajstić information content (AvgIpc) is 3.40. The van der Waals surface area contributed by atoms with Crippen molar-refractivity contribution in [3.63, 3.8) is 0 Å². The van der Waals surface area contributed by atoms with Crippen molar-refractivity contribution in [1.29, 1.82) is 0 Å². The number of hydrogen-bond donors (Lipinski definition) is 0.